The van der Waals surface area contributed by atoms with Crippen molar-refractivity contribution in [1.29, 1.82) is 0 Å². The van der Waals surface area contributed by atoms with Crippen molar-refractivity contribution in [3.8, 4) is 22.8 Å². The van der Waals surface area contributed by atoms with Crippen molar-refractivity contribution in [2.75, 3.05) is 18.2 Å². The minimum absolute atomic E-state index is 0.0717. The van der Waals surface area contributed by atoms with Crippen molar-refractivity contribution in [1.82, 2.24) is 14.8 Å². The molecule has 0 aliphatic heterocycles. The van der Waals surface area contributed by atoms with E-state index in [0.717, 1.165) is 28.3 Å². The maximum absolute atomic E-state index is 12.9. The monoisotopic (exact) mass is 472 g/mol. The first-order valence-electron chi connectivity index (χ1n) is 11.0. The molecule has 0 saturated carbocycles. The molecule has 0 unspecified atom stereocenters. The minimum atomic E-state index is -0.0877. The first kappa shape index (κ1) is 23.6. The molecule has 0 aliphatic rings. The molecule has 7 heteroatoms. The van der Waals surface area contributed by atoms with Gasteiger partial charge in [-0.25, -0.2) is 0 Å². The lowest BCUT2D eigenvalue weighted by Crippen LogP contribution is -2.20. The van der Waals surface area contributed by atoms with Crippen molar-refractivity contribution in [3.05, 3.63) is 84.4 Å². The van der Waals surface area contributed by atoms with E-state index < -0.39 is 0 Å². The number of aromatic nitrogens is 3. The van der Waals surface area contributed by atoms with E-state index >= 15 is 0 Å². The third-order valence-corrected chi connectivity index (χ3v) is 6.27. The van der Waals surface area contributed by atoms with Crippen LogP contribution in [0.3, 0.4) is 0 Å². The zero-order valence-corrected chi connectivity index (χ0v) is 20.6. The fourth-order valence-electron chi connectivity index (χ4n) is 3.66. The van der Waals surface area contributed by atoms with Crippen LogP contribution in [0, 0.1) is 0 Å². The normalized spacial score (nSPS) is 11.3. The molecule has 0 spiro atoms. The second-order valence-corrected chi connectivity index (χ2v) is 9.78. The van der Waals surface area contributed by atoms with Gasteiger partial charge in [0.1, 0.15) is 5.75 Å². The molecule has 0 fully saturated rings. The second-order valence-electron chi connectivity index (χ2n) is 8.84. The smallest absolute Gasteiger partial charge is 0.234 e. The van der Waals surface area contributed by atoms with Gasteiger partial charge < -0.3 is 10.1 Å². The Hall–Kier alpha value is -3.58. The Morgan fingerprint density at radius 3 is 2.29 bits per heavy atom. The third kappa shape index (κ3) is 5.31. The summed E-state index contributed by atoms with van der Waals surface area (Å²) in [6.45, 7) is 6.40. The van der Waals surface area contributed by atoms with Crippen LogP contribution in [0.15, 0.2) is 84.0 Å². The number of amides is 1. The van der Waals surface area contributed by atoms with Gasteiger partial charge in [-0.15, -0.1) is 10.2 Å². The standard InChI is InChI=1S/C27H28N4O2S/c1-27(2,3)22-12-8-9-13-23(22)28-24(32)18-34-26-30-29-25(19-14-16-21(33-4)17-15-19)31(26)20-10-6-5-7-11-20/h5-17H,18H2,1-4H3,(H,28,32). The SMILES string of the molecule is COc1ccc(-c2nnc(SCC(=O)Nc3ccccc3C(C)(C)C)n2-c2ccccc2)cc1. The molecular formula is C27H28N4O2S. The Morgan fingerprint density at radius 1 is 0.941 bits per heavy atom. The molecule has 1 heterocycles. The van der Waals surface area contributed by atoms with Crippen LogP contribution in [-0.4, -0.2) is 33.5 Å². The molecule has 0 atom stereocenters. The maximum Gasteiger partial charge on any atom is 0.234 e. The van der Waals surface area contributed by atoms with Gasteiger partial charge in [-0.1, -0.05) is 68.9 Å². The number of rotatable bonds is 7. The van der Waals surface area contributed by atoms with Gasteiger partial charge in [0.2, 0.25) is 5.91 Å². The van der Waals surface area contributed by atoms with Crippen molar-refractivity contribution in [2.45, 2.75) is 31.3 Å². The molecule has 1 aromatic heterocycles. The van der Waals surface area contributed by atoms with E-state index in [1.54, 1.807) is 7.11 Å². The molecule has 6 nitrogen and oxygen atoms in total. The molecule has 0 bridgehead atoms. The van der Waals surface area contributed by atoms with Crippen molar-refractivity contribution in [3.63, 3.8) is 0 Å². The first-order valence-corrected chi connectivity index (χ1v) is 12.0. The predicted molar refractivity (Wildman–Crippen MR) is 138 cm³/mol. The van der Waals surface area contributed by atoms with Crippen molar-refractivity contribution < 1.29 is 9.53 Å². The lowest BCUT2D eigenvalue weighted by Gasteiger charge is -2.23. The summed E-state index contributed by atoms with van der Waals surface area (Å²) >= 11 is 1.36. The molecule has 174 valence electrons. The molecular weight excluding hydrogens is 444 g/mol. The number of anilines is 1. The van der Waals surface area contributed by atoms with Gasteiger partial charge in [0, 0.05) is 16.9 Å². The number of hydrogen-bond donors (Lipinski definition) is 1. The lowest BCUT2D eigenvalue weighted by atomic mass is 9.86. The molecule has 0 radical (unpaired) electrons. The van der Waals surface area contributed by atoms with Crippen LogP contribution in [0.1, 0.15) is 26.3 Å². The van der Waals surface area contributed by atoms with Crippen LogP contribution in [0.5, 0.6) is 5.75 Å². The Morgan fingerprint density at radius 2 is 1.62 bits per heavy atom. The Balaban J connectivity index is 1.58. The average Bonchev–Trinajstić information content (AvgIpc) is 3.27. The highest BCUT2D eigenvalue weighted by molar-refractivity contribution is 7.99. The average molecular weight is 473 g/mol. The summed E-state index contributed by atoms with van der Waals surface area (Å²) in [5.74, 6) is 1.60. The van der Waals surface area contributed by atoms with Gasteiger partial charge in [-0.05, 0) is 53.4 Å². The largest absolute Gasteiger partial charge is 0.497 e. The summed E-state index contributed by atoms with van der Waals surface area (Å²) in [6, 6.07) is 25.5. The maximum atomic E-state index is 12.9. The van der Waals surface area contributed by atoms with E-state index in [2.05, 4.69) is 42.4 Å². The van der Waals surface area contributed by atoms with Crippen molar-refractivity contribution in [2.24, 2.45) is 0 Å². The van der Waals surface area contributed by atoms with Gasteiger partial charge in [0.25, 0.3) is 0 Å². The quantitative estimate of drug-likeness (QED) is 0.336. The Labute approximate surface area is 204 Å². The number of nitrogens with zero attached hydrogens (tertiary/aromatic N) is 3. The van der Waals surface area contributed by atoms with E-state index in [4.69, 9.17) is 4.74 Å². The zero-order chi connectivity index (χ0) is 24.1. The molecule has 34 heavy (non-hydrogen) atoms. The molecule has 1 N–H and O–H groups in total. The highest BCUT2D eigenvalue weighted by atomic mass is 32.2. The van der Waals surface area contributed by atoms with Gasteiger partial charge >= 0.3 is 0 Å². The van der Waals surface area contributed by atoms with Crippen LogP contribution in [0.25, 0.3) is 17.1 Å². The molecule has 4 aromatic rings. The number of hydrogen-bond acceptors (Lipinski definition) is 5. The number of benzene rings is 3. The van der Waals surface area contributed by atoms with Crippen LogP contribution in [0.2, 0.25) is 0 Å². The van der Waals surface area contributed by atoms with Crippen LogP contribution in [0.4, 0.5) is 5.69 Å². The molecule has 3 aromatic carbocycles. The van der Waals surface area contributed by atoms with Crippen LogP contribution in [-0.2, 0) is 10.2 Å². The summed E-state index contributed by atoms with van der Waals surface area (Å²) in [4.78, 5) is 12.9. The minimum Gasteiger partial charge on any atom is -0.497 e. The van der Waals surface area contributed by atoms with E-state index in [-0.39, 0.29) is 17.1 Å². The van der Waals surface area contributed by atoms with Crippen LogP contribution < -0.4 is 10.1 Å². The number of carbonyl (C=O) groups is 1. The highest BCUT2D eigenvalue weighted by Gasteiger charge is 2.20. The molecule has 4 rings (SSSR count). The zero-order valence-electron chi connectivity index (χ0n) is 19.8. The van der Waals surface area contributed by atoms with Gasteiger partial charge in [0.05, 0.1) is 12.9 Å². The van der Waals surface area contributed by atoms with E-state index in [0.29, 0.717) is 11.0 Å². The molecule has 0 saturated heterocycles. The van der Waals surface area contributed by atoms with Crippen molar-refractivity contribution >= 4 is 23.4 Å². The predicted octanol–water partition coefficient (Wildman–Crippen LogP) is 5.97. The number of methoxy groups -OCH3 is 1. The first-order chi connectivity index (χ1) is 16.4. The summed E-state index contributed by atoms with van der Waals surface area (Å²) in [7, 11) is 1.64. The number of nitrogens with one attached hydrogen (secondary N) is 1. The van der Waals surface area contributed by atoms with E-state index in [1.807, 2.05) is 77.4 Å². The Kier molecular flexibility index (Phi) is 7.03. The number of ether oxygens (including phenoxy) is 1. The summed E-state index contributed by atoms with van der Waals surface area (Å²) < 4.78 is 7.25. The topological polar surface area (TPSA) is 69.0 Å². The summed E-state index contributed by atoms with van der Waals surface area (Å²) in [5.41, 5.74) is 3.70. The molecule has 0 aliphatic carbocycles. The summed E-state index contributed by atoms with van der Waals surface area (Å²) in [6.07, 6.45) is 0. The fourth-order valence-corrected chi connectivity index (χ4v) is 4.41. The lowest BCUT2D eigenvalue weighted by molar-refractivity contribution is -0.113. The second kappa shape index (κ2) is 10.1. The number of thioether (sulfide) groups is 1. The van der Waals surface area contributed by atoms with Gasteiger partial charge in [0.15, 0.2) is 11.0 Å². The number of carbonyl (C=O) groups excluding carboxylic acids is 1. The number of para-hydroxylation sites is 2. The van der Waals surface area contributed by atoms with E-state index in [1.165, 1.54) is 11.8 Å². The Bertz CT molecular complexity index is 1260. The fraction of sp³-hybridized carbons (Fsp3) is 0.222. The molecule has 1 amide bonds. The third-order valence-electron chi connectivity index (χ3n) is 5.34. The van der Waals surface area contributed by atoms with Gasteiger partial charge in [-0.3, -0.25) is 9.36 Å². The highest BCUT2D eigenvalue weighted by Crippen LogP contribution is 2.31. The van der Waals surface area contributed by atoms with Gasteiger partial charge in [-0.2, -0.15) is 0 Å². The summed E-state index contributed by atoms with van der Waals surface area (Å²) in [5, 5.41) is 12.6. The van der Waals surface area contributed by atoms with E-state index in [9.17, 15) is 4.79 Å². The van der Waals surface area contributed by atoms with Crippen LogP contribution >= 0.6 is 11.8 Å².